The summed E-state index contributed by atoms with van der Waals surface area (Å²) in [6.07, 6.45) is 2.81. The summed E-state index contributed by atoms with van der Waals surface area (Å²) in [5.74, 6) is -1.26. The third-order valence-corrected chi connectivity index (χ3v) is 6.57. The number of aromatic nitrogens is 2. The number of rotatable bonds is 6. The monoisotopic (exact) mass is 564 g/mol. The van der Waals surface area contributed by atoms with Crippen LogP contribution in [0.1, 0.15) is 29.0 Å². The van der Waals surface area contributed by atoms with Gasteiger partial charge in [-0.1, -0.05) is 28.9 Å². The Bertz CT molecular complexity index is 1590. The van der Waals surface area contributed by atoms with Crippen LogP contribution in [-0.2, 0) is 4.79 Å². The van der Waals surface area contributed by atoms with Gasteiger partial charge in [-0.05, 0) is 54.8 Å². The van der Waals surface area contributed by atoms with Gasteiger partial charge in [0, 0.05) is 34.4 Å². The van der Waals surface area contributed by atoms with Crippen molar-refractivity contribution in [1.82, 2.24) is 10.1 Å². The summed E-state index contributed by atoms with van der Waals surface area (Å²) in [5.41, 5.74) is 8.22. The number of hydrogen-bond acceptors (Lipinski definition) is 8. The van der Waals surface area contributed by atoms with Gasteiger partial charge in [0.2, 0.25) is 11.7 Å². The van der Waals surface area contributed by atoms with Crippen LogP contribution in [0.2, 0.25) is 5.02 Å². The van der Waals surface area contributed by atoms with Crippen LogP contribution in [-0.4, -0.2) is 39.6 Å². The van der Waals surface area contributed by atoms with Crippen molar-refractivity contribution in [2.45, 2.75) is 18.9 Å². The number of pyridine rings is 1. The topological polar surface area (TPSA) is 158 Å². The molecule has 0 bridgehead atoms. The number of phenolic OH excluding ortho intramolecular Hbond substituents is 1. The Kier molecular flexibility index (Phi) is 8.04. The second-order valence-corrected chi connectivity index (χ2v) is 9.12. The number of halogens is 2. The molecule has 2 aromatic heterocycles. The first kappa shape index (κ1) is 27.4. The van der Waals surface area contributed by atoms with Crippen molar-refractivity contribution < 1.29 is 19.2 Å². The highest BCUT2D eigenvalue weighted by Crippen LogP contribution is 2.38. The Morgan fingerprint density at radius 1 is 1.18 bits per heavy atom. The van der Waals surface area contributed by atoms with Gasteiger partial charge < -0.3 is 25.6 Å². The van der Waals surface area contributed by atoms with Gasteiger partial charge in [0.15, 0.2) is 5.82 Å². The number of hydrogen-bond donors (Lipinski definition) is 3. The van der Waals surface area contributed by atoms with E-state index in [2.05, 4.69) is 21.5 Å². The third kappa shape index (κ3) is 5.50. The standard InChI is InChI=1S/C27H21ClN6O4.ClH/c28-16-6-7-18(23(35)12-16)21-13-19(20(14-29)26(32-21)33-27(37)24-8-9-31-38-24)15-3-1-4-17(11-15)34-10-2-5-22(34)25(30)36;/h1,3-4,6-9,11-13,22,35H,2,5,10H2,(H2,30,36)(H,32,33,37);1H/t22-;/m1./s1. The average molecular weight is 565 g/mol. The molecule has 1 atom stereocenters. The van der Waals surface area contributed by atoms with Crippen LogP contribution in [0.15, 0.2) is 65.3 Å². The van der Waals surface area contributed by atoms with Gasteiger partial charge >= 0.3 is 0 Å². The van der Waals surface area contributed by atoms with Gasteiger partial charge in [-0.3, -0.25) is 9.59 Å². The fraction of sp³-hybridized carbons (Fsp3) is 0.148. The van der Waals surface area contributed by atoms with E-state index in [-0.39, 0.29) is 35.3 Å². The van der Waals surface area contributed by atoms with Crippen LogP contribution in [0.3, 0.4) is 0 Å². The molecule has 1 aliphatic heterocycles. The molecule has 4 N–H and O–H groups in total. The molecule has 0 radical (unpaired) electrons. The summed E-state index contributed by atoms with van der Waals surface area (Å²) < 4.78 is 4.93. The number of primary amides is 1. The molecule has 0 spiro atoms. The third-order valence-electron chi connectivity index (χ3n) is 6.33. The van der Waals surface area contributed by atoms with Crippen LogP contribution < -0.4 is 16.0 Å². The number of anilines is 2. The highest BCUT2D eigenvalue weighted by atomic mass is 35.5. The fourth-order valence-electron chi connectivity index (χ4n) is 4.56. The molecule has 3 heterocycles. The minimum absolute atomic E-state index is 0. The molecular weight excluding hydrogens is 543 g/mol. The van der Waals surface area contributed by atoms with Crippen molar-refractivity contribution in [3.63, 3.8) is 0 Å². The molecule has 1 fully saturated rings. The first-order valence-corrected chi connectivity index (χ1v) is 12.1. The summed E-state index contributed by atoms with van der Waals surface area (Å²) in [4.78, 5) is 31.2. The van der Waals surface area contributed by atoms with E-state index in [9.17, 15) is 20.0 Å². The van der Waals surface area contributed by atoms with Crippen LogP contribution in [0.5, 0.6) is 5.75 Å². The quantitative estimate of drug-likeness (QED) is 0.302. The maximum Gasteiger partial charge on any atom is 0.295 e. The molecular formula is C27H22Cl2N6O4. The molecule has 1 aliphatic rings. The Balaban J connectivity index is 0.00000353. The number of amides is 2. The number of nitrogens with two attached hydrogens (primary N) is 1. The molecule has 0 unspecified atom stereocenters. The van der Waals surface area contributed by atoms with Gasteiger partial charge in [-0.15, -0.1) is 12.4 Å². The molecule has 198 valence electrons. The summed E-state index contributed by atoms with van der Waals surface area (Å²) in [6.45, 7) is 0.668. The van der Waals surface area contributed by atoms with E-state index < -0.39 is 17.9 Å². The molecule has 4 aromatic rings. The number of benzene rings is 2. The number of nitrogens with one attached hydrogen (secondary N) is 1. The lowest BCUT2D eigenvalue weighted by Crippen LogP contribution is -2.40. The van der Waals surface area contributed by atoms with Gasteiger partial charge in [0.1, 0.15) is 23.4 Å². The van der Waals surface area contributed by atoms with E-state index >= 15 is 0 Å². The van der Waals surface area contributed by atoms with Crippen LogP contribution >= 0.6 is 24.0 Å². The highest BCUT2D eigenvalue weighted by molar-refractivity contribution is 6.30. The van der Waals surface area contributed by atoms with Gasteiger partial charge in [-0.2, -0.15) is 5.26 Å². The Hall–Kier alpha value is -4.59. The summed E-state index contributed by atoms with van der Waals surface area (Å²) in [6, 6.07) is 16.7. The van der Waals surface area contributed by atoms with E-state index in [1.807, 2.05) is 29.2 Å². The lowest BCUT2D eigenvalue weighted by atomic mass is 9.97. The highest BCUT2D eigenvalue weighted by Gasteiger charge is 2.29. The van der Waals surface area contributed by atoms with Crippen molar-refractivity contribution in [2.75, 3.05) is 16.8 Å². The number of phenols is 1. The number of carbonyl (C=O) groups is 2. The Labute approximate surface area is 234 Å². The lowest BCUT2D eigenvalue weighted by molar-refractivity contribution is -0.119. The average Bonchev–Trinajstić information content (AvgIpc) is 3.61. The molecule has 2 amide bonds. The lowest BCUT2D eigenvalue weighted by Gasteiger charge is -2.25. The molecule has 1 saturated heterocycles. The van der Waals surface area contributed by atoms with E-state index in [0.717, 1.165) is 12.1 Å². The maximum absolute atomic E-state index is 12.8. The minimum atomic E-state index is -0.648. The van der Waals surface area contributed by atoms with E-state index in [4.69, 9.17) is 21.9 Å². The number of nitriles is 1. The van der Waals surface area contributed by atoms with Crippen molar-refractivity contribution in [1.29, 1.82) is 5.26 Å². The van der Waals surface area contributed by atoms with Gasteiger partial charge in [0.25, 0.3) is 5.91 Å². The van der Waals surface area contributed by atoms with Crippen LogP contribution in [0, 0.1) is 11.3 Å². The Morgan fingerprint density at radius 3 is 2.69 bits per heavy atom. The summed E-state index contributed by atoms with van der Waals surface area (Å²) >= 11 is 6.02. The van der Waals surface area contributed by atoms with Crippen LogP contribution in [0.25, 0.3) is 22.4 Å². The van der Waals surface area contributed by atoms with Crippen molar-refractivity contribution >= 4 is 47.3 Å². The predicted octanol–water partition coefficient (Wildman–Crippen LogP) is 4.76. The van der Waals surface area contributed by atoms with Crippen molar-refractivity contribution in [3.05, 3.63) is 77.1 Å². The smallest absolute Gasteiger partial charge is 0.295 e. The van der Waals surface area contributed by atoms with Crippen molar-refractivity contribution in [3.8, 4) is 34.2 Å². The molecule has 0 aliphatic carbocycles. The van der Waals surface area contributed by atoms with Gasteiger partial charge in [-0.25, -0.2) is 4.98 Å². The van der Waals surface area contributed by atoms with E-state index in [1.165, 1.54) is 18.3 Å². The number of carbonyl (C=O) groups excluding carboxylic acids is 2. The first-order valence-electron chi connectivity index (χ1n) is 11.7. The first-order chi connectivity index (χ1) is 18.4. The fourth-order valence-corrected chi connectivity index (χ4v) is 4.73. The molecule has 12 heteroatoms. The Morgan fingerprint density at radius 2 is 2.00 bits per heavy atom. The molecule has 0 saturated carbocycles. The van der Waals surface area contributed by atoms with Gasteiger partial charge in [0.05, 0.1) is 11.9 Å². The zero-order chi connectivity index (χ0) is 26.8. The summed E-state index contributed by atoms with van der Waals surface area (Å²) in [5, 5.41) is 27.2. The van der Waals surface area contributed by atoms with E-state index in [0.29, 0.717) is 40.4 Å². The number of nitrogens with zero attached hydrogens (tertiary/aromatic N) is 4. The van der Waals surface area contributed by atoms with E-state index in [1.54, 1.807) is 18.2 Å². The molecule has 5 rings (SSSR count). The molecule has 39 heavy (non-hydrogen) atoms. The normalized spacial score (nSPS) is 14.4. The SMILES string of the molecule is Cl.N#Cc1c(-c2cccc(N3CCC[C@@H]3C(N)=O)c2)cc(-c2ccc(Cl)cc2O)nc1NC(=O)c1ccno1. The zero-order valence-corrected chi connectivity index (χ0v) is 21.9. The second-order valence-electron chi connectivity index (χ2n) is 8.69. The largest absolute Gasteiger partial charge is 0.507 e. The zero-order valence-electron chi connectivity index (χ0n) is 20.3. The second kappa shape index (κ2) is 11.4. The summed E-state index contributed by atoms with van der Waals surface area (Å²) in [7, 11) is 0. The number of aromatic hydroxyl groups is 1. The minimum Gasteiger partial charge on any atom is -0.507 e. The van der Waals surface area contributed by atoms with Crippen LogP contribution in [0.4, 0.5) is 11.5 Å². The van der Waals surface area contributed by atoms with Crippen molar-refractivity contribution in [2.24, 2.45) is 5.73 Å². The molecule has 2 aromatic carbocycles. The maximum atomic E-state index is 12.8. The predicted molar refractivity (Wildman–Crippen MR) is 148 cm³/mol. The molecule has 10 nitrogen and oxygen atoms in total.